The predicted molar refractivity (Wildman–Crippen MR) is 129 cm³/mol. The molecule has 4 aromatic rings. The summed E-state index contributed by atoms with van der Waals surface area (Å²) in [6.07, 6.45) is 1.80. The average Bonchev–Trinajstić information content (AvgIpc) is 3.44. The SMILES string of the molecule is CC(C)c1cc(C(=O)Nc2cccc(Oc3ccnc4c3CC(=O)N4)c2)n(-c2ccccc2)n1. The number of carbonyl (C=O) groups is 2. The van der Waals surface area contributed by atoms with Gasteiger partial charge in [0.05, 0.1) is 17.8 Å². The Kier molecular flexibility index (Phi) is 5.55. The second kappa shape index (κ2) is 8.82. The zero-order valence-corrected chi connectivity index (χ0v) is 18.8. The minimum absolute atomic E-state index is 0.115. The van der Waals surface area contributed by atoms with Crippen LogP contribution in [0, 0.1) is 0 Å². The van der Waals surface area contributed by atoms with Crippen LogP contribution in [0.25, 0.3) is 5.69 Å². The molecule has 0 bridgehead atoms. The van der Waals surface area contributed by atoms with E-state index in [0.717, 1.165) is 16.9 Å². The van der Waals surface area contributed by atoms with Gasteiger partial charge in [-0.3, -0.25) is 9.59 Å². The largest absolute Gasteiger partial charge is 0.457 e. The van der Waals surface area contributed by atoms with Gasteiger partial charge in [0, 0.05) is 23.5 Å². The number of aromatic nitrogens is 3. The molecular weight excluding hydrogens is 430 g/mol. The molecule has 0 saturated carbocycles. The van der Waals surface area contributed by atoms with E-state index in [4.69, 9.17) is 4.74 Å². The molecule has 2 N–H and O–H groups in total. The number of para-hydroxylation sites is 1. The van der Waals surface area contributed by atoms with E-state index in [1.165, 1.54) is 0 Å². The first-order valence-corrected chi connectivity index (χ1v) is 11.0. The van der Waals surface area contributed by atoms with Crippen molar-refractivity contribution >= 4 is 23.3 Å². The van der Waals surface area contributed by atoms with E-state index < -0.39 is 0 Å². The van der Waals surface area contributed by atoms with Gasteiger partial charge in [-0.2, -0.15) is 5.10 Å². The van der Waals surface area contributed by atoms with Crippen LogP contribution in [0.15, 0.2) is 72.9 Å². The van der Waals surface area contributed by atoms with Gasteiger partial charge in [0.1, 0.15) is 23.0 Å². The molecule has 0 unspecified atom stereocenters. The number of hydrogen-bond donors (Lipinski definition) is 2. The lowest BCUT2D eigenvalue weighted by atomic mass is 10.1. The Morgan fingerprint density at radius 3 is 2.71 bits per heavy atom. The second-order valence-electron chi connectivity index (χ2n) is 8.30. The van der Waals surface area contributed by atoms with Gasteiger partial charge in [-0.1, -0.05) is 38.1 Å². The molecule has 0 atom stereocenters. The van der Waals surface area contributed by atoms with E-state index >= 15 is 0 Å². The van der Waals surface area contributed by atoms with E-state index in [9.17, 15) is 9.59 Å². The Morgan fingerprint density at radius 1 is 1.09 bits per heavy atom. The molecule has 0 aliphatic carbocycles. The number of nitrogens with zero attached hydrogens (tertiary/aromatic N) is 3. The summed E-state index contributed by atoms with van der Waals surface area (Å²) in [5, 5.41) is 10.3. The highest BCUT2D eigenvalue weighted by molar-refractivity contribution is 6.03. The third-order valence-electron chi connectivity index (χ3n) is 5.48. The summed E-state index contributed by atoms with van der Waals surface area (Å²) >= 11 is 0. The quantitative estimate of drug-likeness (QED) is 0.431. The number of pyridine rings is 1. The van der Waals surface area contributed by atoms with E-state index in [1.54, 1.807) is 41.2 Å². The van der Waals surface area contributed by atoms with Crippen LogP contribution in [0.3, 0.4) is 0 Å². The number of fused-ring (bicyclic) bond motifs is 1. The first-order valence-electron chi connectivity index (χ1n) is 11.0. The number of carbonyl (C=O) groups excluding carboxylic acids is 2. The van der Waals surface area contributed by atoms with Gasteiger partial charge < -0.3 is 15.4 Å². The molecule has 5 rings (SSSR count). The molecule has 8 nitrogen and oxygen atoms in total. The Bertz CT molecular complexity index is 1380. The number of benzene rings is 2. The lowest BCUT2D eigenvalue weighted by Crippen LogP contribution is -2.17. The van der Waals surface area contributed by atoms with Gasteiger partial charge in [-0.25, -0.2) is 9.67 Å². The first kappa shape index (κ1) is 21.4. The van der Waals surface area contributed by atoms with Crippen LogP contribution in [-0.2, 0) is 11.2 Å². The molecular formula is C26H23N5O3. The average molecular weight is 454 g/mol. The Hall–Kier alpha value is -4.46. The van der Waals surface area contributed by atoms with E-state index in [1.807, 2.05) is 50.2 Å². The highest BCUT2D eigenvalue weighted by Gasteiger charge is 2.23. The van der Waals surface area contributed by atoms with Crippen molar-refractivity contribution in [1.29, 1.82) is 0 Å². The van der Waals surface area contributed by atoms with E-state index in [-0.39, 0.29) is 24.2 Å². The van der Waals surface area contributed by atoms with Gasteiger partial charge in [-0.15, -0.1) is 0 Å². The number of amides is 2. The van der Waals surface area contributed by atoms with Crippen molar-refractivity contribution in [3.63, 3.8) is 0 Å². The minimum atomic E-state index is -0.278. The smallest absolute Gasteiger partial charge is 0.274 e. The Labute approximate surface area is 196 Å². The number of ether oxygens (including phenoxy) is 1. The fraction of sp³-hybridized carbons (Fsp3) is 0.154. The van der Waals surface area contributed by atoms with Gasteiger partial charge in [0.15, 0.2) is 0 Å². The minimum Gasteiger partial charge on any atom is -0.457 e. The third-order valence-corrected chi connectivity index (χ3v) is 5.48. The fourth-order valence-corrected chi connectivity index (χ4v) is 3.75. The van der Waals surface area contributed by atoms with Crippen LogP contribution in [0.1, 0.15) is 41.5 Å². The number of nitrogens with one attached hydrogen (secondary N) is 2. The van der Waals surface area contributed by atoms with Crippen molar-refractivity contribution in [2.75, 3.05) is 10.6 Å². The van der Waals surface area contributed by atoms with Crippen LogP contribution in [0.4, 0.5) is 11.5 Å². The summed E-state index contributed by atoms with van der Waals surface area (Å²) in [6, 6.07) is 20.2. The van der Waals surface area contributed by atoms with Crippen molar-refractivity contribution in [3.8, 4) is 17.2 Å². The maximum atomic E-state index is 13.2. The highest BCUT2D eigenvalue weighted by Crippen LogP contribution is 2.33. The molecule has 0 spiro atoms. The van der Waals surface area contributed by atoms with Gasteiger partial charge in [0.25, 0.3) is 5.91 Å². The van der Waals surface area contributed by atoms with Crippen molar-refractivity contribution in [3.05, 3.63) is 89.9 Å². The fourth-order valence-electron chi connectivity index (χ4n) is 3.75. The maximum absolute atomic E-state index is 13.2. The Balaban J connectivity index is 1.39. The Morgan fingerprint density at radius 2 is 1.91 bits per heavy atom. The summed E-state index contributed by atoms with van der Waals surface area (Å²) in [5.74, 6) is 1.38. The molecule has 2 amide bonds. The third kappa shape index (κ3) is 4.25. The van der Waals surface area contributed by atoms with Crippen LogP contribution in [-0.4, -0.2) is 26.6 Å². The molecule has 0 fully saturated rings. The van der Waals surface area contributed by atoms with E-state index in [0.29, 0.717) is 28.7 Å². The lowest BCUT2D eigenvalue weighted by Gasteiger charge is -2.11. The molecule has 1 aliphatic heterocycles. The summed E-state index contributed by atoms with van der Waals surface area (Å²) in [4.78, 5) is 29.1. The molecule has 8 heteroatoms. The monoisotopic (exact) mass is 453 g/mol. The molecule has 1 aliphatic rings. The van der Waals surface area contributed by atoms with Crippen LogP contribution in [0.2, 0.25) is 0 Å². The second-order valence-corrected chi connectivity index (χ2v) is 8.30. The molecule has 0 radical (unpaired) electrons. The lowest BCUT2D eigenvalue weighted by molar-refractivity contribution is -0.115. The van der Waals surface area contributed by atoms with Gasteiger partial charge in [-0.05, 0) is 42.3 Å². The first-order chi connectivity index (χ1) is 16.5. The zero-order valence-electron chi connectivity index (χ0n) is 18.8. The molecule has 0 saturated heterocycles. The zero-order chi connectivity index (χ0) is 23.7. The van der Waals surface area contributed by atoms with E-state index in [2.05, 4.69) is 20.7 Å². The van der Waals surface area contributed by atoms with Crippen molar-refractivity contribution in [2.45, 2.75) is 26.2 Å². The predicted octanol–water partition coefficient (Wildman–Crippen LogP) is 4.93. The number of hydrogen-bond acceptors (Lipinski definition) is 5. The summed E-state index contributed by atoms with van der Waals surface area (Å²) in [6.45, 7) is 4.08. The van der Waals surface area contributed by atoms with Gasteiger partial charge in [0.2, 0.25) is 5.91 Å². The highest BCUT2D eigenvalue weighted by atomic mass is 16.5. The topological polar surface area (TPSA) is 98.1 Å². The molecule has 34 heavy (non-hydrogen) atoms. The summed E-state index contributed by atoms with van der Waals surface area (Å²) < 4.78 is 7.69. The van der Waals surface area contributed by atoms with Gasteiger partial charge >= 0.3 is 0 Å². The number of rotatable bonds is 6. The summed E-state index contributed by atoms with van der Waals surface area (Å²) in [5.41, 5.74) is 3.38. The van der Waals surface area contributed by atoms with Crippen LogP contribution >= 0.6 is 0 Å². The molecule has 3 heterocycles. The van der Waals surface area contributed by atoms with Crippen molar-refractivity contribution in [2.24, 2.45) is 0 Å². The molecule has 170 valence electrons. The molecule has 2 aromatic carbocycles. The maximum Gasteiger partial charge on any atom is 0.274 e. The van der Waals surface area contributed by atoms with Crippen molar-refractivity contribution < 1.29 is 14.3 Å². The van der Waals surface area contributed by atoms with Crippen LogP contribution in [0.5, 0.6) is 11.5 Å². The van der Waals surface area contributed by atoms with Crippen LogP contribution < -0.4 is 15.4 Å². The standard InChI is InChI=1S/C26H23N5O3/c1-16(2)21-15-22(31(30-21)18-8-4-3-5-9-18)26(33)28-17-7-6-10-19(13-17)34-23-11-12-27-25-20(23)14-24(32)29-25/h3-13,15-16H,14H2,1-2H3,(H,28,33)(H,27,29,32). The summed E-state index contributed by atoms with van der Waals surface area (Å²) in [7, 11) is 0. The normalized spacial score (nSPS) is 12.4. The number of anilines is 2. The molecule has 2 aromatic heterocycles. The van der Waals surface area contributed by atoms with Crippen molar-refractivity contribution in [1.82, 2.24) is 14.8 Å².